The van der Waals surface area contributed by atoms with Gasteiger partial charge in [-0.3, -0.25) is 9.52 Å². The number of nitrogens with zero attached hydrogens (tertiary/aromatic N) is 1. The molecule has 0 radical (unpaired) electrons. The molecule has 8 heteroatoms. The van der Waals surface area contributed by atoms with E-state index in [-0.39, 0.29) is 5.96 Å². The third-order valence-corrected chi connectivity index (χ3v) is 4.46. The zero-order chi connectivity index (χ0) is 19.6. The van der Waals surface area contributed by atoms with Crippen LogP contribution in [0.3, 0.4) is 0 Å². The van der Waals surface area contributed by atoms with Crippen LogP contribution in [0.4, 0.5) is 5.69 Å². The van der Waals surface area contributed by atoms with Crippen LogP contribution in [-0.2, 0) is 10.0 Å². The maximum Gasteiger partial charge on any atom is 0.280 e. The van der Waals surface area contributed by atoms with E-state index >= 15 is 0 Å². The molecule has 0 saturated heterocycles. The number of amides is 1. The summed E-state index contributed by atoms with van der Waals surface area (Å²) in [5, 5.41) is 1.81. The maximum atomic E-state index is 12.0. The number of carbonyl (C=O) groups excluding carboxylic acids is 1. The van der Waals surface area contributed by atoms with Gasteiger partial charge in [-0.15, -0.1) is 0 Å². The molecule has 3 aromatic rings. The lowest BCUT2D eigenvalue weighted by atomic mass is 9.97. The molecule has 0 spiro atoms. The Morgan fingerprint density at radius 2 is 1.70 bits per heavy atom. The van der Waals surface area contributed by atoms with E-state index in [0.29, 0.717) is 11.3 Å². The van der Waals surface area contributed by atoms with Gasteiger partial charge in [0, 0.05) is 11.3 Å². The Morgan fingerprint density at radius 3 is 2.33 bits per heavy atom. The first-order valence-electron chi connectivity index (χ1n) is 7.98. The van der Waals surface area contributed by atoms with Crippen molar-refractivity contribution in [1.29, 1.82) is 0 Å². The first-order chi connectivity index (χ1) is 12.7. The van der Waals surface area contributed by atoms with Crippen molar-refractivity contribution in [2.24, 2.45) is 16.5 Å². The minimum atomic E-state index is -3.32. The zero-order valence-electron chi connectivity index (χ0n) is 14.5. The van der Waals surface area contributed by atoms with Gasteiger partial charge in [-0.1, -0.05) is 36.4 Å². The Morgan fingerprint density at radius 1 is 1.00 bits per heavy atom. The Kier molecular flexibility index (Phi) is 4.83. The van der Waals surface area contributed by atoms with E-state index in [4.69, 9.17) is 11.5 Å². The molecule has 0 heterocycles. The zero-order valence-corrected chi connectivity index (χ0v) is 15.3. The fourth-order valence-electron chi connectivity index (χ4n) is 2.78. The Hall–Kier alpha value is -3.39. The summed E-state index contributed by atoms with van der Waals surface area (Å²) in [5.74, 6) is -0.782. The van der Waals surface area contributed by atoms with Crippen LogP contribution in [0.5, 0.6) is 0 Å². The summed E-state index contributed by atoms with van der Waals surface area (Å²) in [5.41, 5.74) is 13.3. The van der Waals surface area contributed by atoms with Crippen molar-refractivity contribution in [2.75, 3.05) is 11.0 Å². The van der Waals surface area contributed by atoms with Crippen molar-refractivity contribution < 1.29 is 13.2 Å². The molecule has 0 aliphatic carbocycles. The molecule has 27 heavy (non-hydrogen) atoms. The number of carbonyl (C=O) groups is 1. The number of anilines is 1. The number of nitrogens with one attached hydrogen (secondary N) is 1. The van der Waals surface area contributed by atoms with E-state index in [9.17, 15) is 13.2 Å². The summed E-state index contributed by atoms with van der Waals surface area (Å²) in [6, 6.07) is 18.0. The number of hydrogen-bond acceptors (Lipinski definition) is 3. The van der Waals surface area contributed by atoms with Crippen molar-refractivity contribution in [3.8, 4) is 11.1 Å². The lowest BCUT2D eigenvalue weighted by Gasteiger charge is -2.09. The molecule has 0 bridgehead atoms. The average Bonchev–Trinajstić information content (AvgIpc) is 2.59. The molecular formula is C19H18N4O3S. The van der Waals surface area contributed by atoms with Crippen LogP contribution in [0.15, 0.2) is 65.7 Å². The van der Waals surface area contributed by atoms with Crippen molar-refractivity contribution in [3.05, 3.63) is 66.2 Å². The quantitative estimate of drug-likeness (QED) is 0.471. The summed E-state index contributed by atoms with van der Waals surface area (Å²) in [7, 11) is -3.32. The number of guanidine groups is 1. The van der Waals surface area contributed by atoms with E-state index in [1.54, 1.807) is 24.3 Å². The molecule has 0 aromatic heterocycles. The first kappa shape index (κ1) is 18.4. The van der Waals surface area contributed by atoms with Gasteiger partial charge < -0.3 is 11.5 Å². The average molecular weight is 382 g/mol. The second-order valence-corrected chi connectivity index (χ2v) is 7.78. The van der Waals surface area contributed by atoms with E-state index in [2.05, 4.69) is 9.71 Å². The topological polar surface area (TPSA) is 128 Å². The van der Waals surface area contributed by atoms with Gasteiger partial charge in [0.15, 0.2) is 5.96 Å². The van der Waals surface area contributed by atoms with Crippen molar-refractivity contribution >= 4 is 38.3 Å². The number of nitrogens with two attached hydrogens (primary N) is 2. The number of sulfonamides is 1. The molecule has 0 atom stereocenters. The Bertz CT molecular complexity index is 1150. The van der Waals surface area contributed by atoms with Gasteiger partial charge in [-0.2, -0.15) is 4.99 Å². The van der Waals surface area contributed by atoms with E-state index in [1.165, 1.54) is 0 Å². The Balaban J connectivity index is 2.00. The summed E-state index contributed by atoms with van der Waals surface area (Å²) >= 11 is 0. The maximum absolute atomic E-state index is 12.0. The van der Waals surface area contributed by atoms with E-state index in [0.717, 1.165) is 28.2 Å². The number of aliphatic imine (C=N–C) groups is 1. The molecule has 3 aromatic carbocycles. The van der Waals surface area contributed by atoms with Crippen molar-refractivity contribution in [1.82, 2.24) is 0 Å². The third-order valence-electron chi connectivity index (χ3n) is 3.86. The van der Waals surface area contributed by atoms with E-state index < -0.39 is 15.9 Å². The highest BCUT2D eigenvalue weighted by Crippen LogP contribution is 2.30. The molecule has 138 valence electrons. The monoisotopic (exact) mass is 382 g/mol. The van der Waals surface area contributed by atoms with Gasteiger partial charge in [0.1, 0.15) is 0 Å². The molecule has 0 fully saturated rings. The lowest BCUT2D eigenvalue weighted by Crippen LogP contribution is -2.24. The normalized spacial score (nSPS) is 11.1. The number of hydrogen-bond donors (Lipinski definition) is 3. The molecule has 0 aliphatic heterocycles. The minimum Gasteiger partial charge on any atom is -0.370 e. The molecule has 5 N–H and O–H groups in total. The minimum absolute atomic E-state index is 0.281. The molecule has 1 amide bonds. The predicted molar refractivity (Wildman–Crippen MR) is 108 cm³/mol. The van der Waals surface area contributed by atoms with Crippen molar-refractivity contribution in [3.63, 3.8) is 0 Å². The van der Waals surface area contributed by atoms with Crippen molar-refractivity contribution in [2.45, 2.75) is 0 Å². The highest BCUT2D eigenvalue weighted by Gasteiger charge is 2.09. The Labute approximate surface area is 156 Å². The fourth-order valence-corrected chi connectivity index (χ4v) is 3.35. The van der Waals surface area contributed by atoms with Gasteiger partial charge >= 0.3 is 0 Å². The van der Waals surface area contributed by atoms with Gasteiger partial charge in [0.2, 0.25) is 10.0 Å². The summed E-state index contributed by atoms with van der Waals surface area (Å²) in [6.45, 7) is 0. The number of rotatable bonds is 4. The van der Waals surface area contributed by atoms with Crippen LogP contribution in [0, 0.1) is 0 Å². The first-order valence-corrected chi connectivity index (χ1v) is 9.87. The molecule has 0 saturated carbocycles. The molecule has 3 rings (SSSR count). The van der Waals surface area contributed by atoms with Gasteiger partial charge in [-0.25, -0.2) is 8.42 Å². The van der Waals surface area contributed by atoms with Crippen LogP contribution in [0.25, 0.3) is 21.9 Å². The smallest absolute Gasteiger partial charge is 0.280 e. The lowest BCUT2D eigenvalue weighted by molar-refractivity contribution is 0.100. The SMILES string of the molecule is CS(=O)(=O)Nc1ccc(-c2cccc3cc(C(=O)N=C(N)N)ccc23)cc1. The molecule has 0 unspecified atom stereocenters. The largest absolute Gasteiger partial charge is 0.370 e. The van der Waals surface area contributed by atoms with Crippen LogP contribution in [0.1, 0.15) is 10.4 Å². The van der Waals surface area contributed by atoms with E-state index in [1.807, 2.05) is 36.4 Å². The number of fused-ring (bicyclic) bond motifs is 1. The number of benzene rings is 3. The second-order valence-electron chi connectivity index (χ2n) is 6.03. The predicted octanol–water partition coefficient (Wildman–Crippen LogP) is 2.29. The molecule has 7 nitrogen and oxygen atoms in total. The summed E-state index contributed by atoms with van der Waals surface area (Å²) < 4.78 is 25.1. The summed E-state index contributed by atoms with van der Waals surface area (Å²) in [4.78, 5) is 15.6. The third kappa shape index (κ3) is 4.42. The highest BCUT2D eigenvalue weighted by atomic mass is 32.2. The second kappa shape index (κ2) is 7.08. The highest BCUT2D eigenvalue weighted by molar-refractivity contribution is 7.92. The standard InChI is InChI=1S/C19H18N4O3S/c1-27(25,26)23-15-8-5-12(6-9-15)16-4-2-3-13-11-14(7-10-17(13)16)18(24)22-19(20)21/h2-11,23H,1H3,(H4,20,21,22,24). The van der Waals surface area contributed by atoms with Crippen LogP contribution in [-0.4, -0.2) is 26.5 Å². The fraction of sp³-hybridized carbons (Fsp3) is 0.0526. The molecular weight excluding hydrogens is 364 g/mol. The van der Waals surface area contributed by atoms with Gasteiger partial charge in [0.05, 0.1) is 6.26 Å². The van der Waals surface area contributed by atoms with Crippen LogP contribution < -0.4 is 16.2 Å². The summed E-state index contributed by atoms with van der Waals surface area (Å²) in [6.07, 6.45) is 1.10. The van der Waals surface area contributed by atoms with Gasteiger partial charge in [0.25, 0.3) is 5.91 Å². The van der Waals surface area contributed by atoms with Crippen LogP contribution >= 0.6 is 0 Å². The molecule has 0 aliphatic rings. The van der Waals surface area contributed by atoms with Crippen LogP contribution in [0.2, 0.25) is 0 Å². The van der Waals surface area contributed by atoms with Gasteiger partial charge in [-0.05, 0) is 46.2 Å².